The Bertz CT molecular complexity index is 710. The van der Waals surface area contributed by atoms with Gasteiger partial charge in [0.1, 0.15) is 6.23 Å². The fourth-order valence-corrected chi connectivity index (χ4v) is 4.57. The molecule has 0 saturated carbocycles. The molecule has 0 radical (unpaired) electrons. The van der Waals surface area contributed by atoms with Gasteiger partial charge in [0.15, 0.2) is 9.84 Å². The van der Waals surface area contributed by atoms with Crippen molar-refractivity contribution in [1.82, 2.24) is 20.9 Å². The number of methoxy groups -OCH3 is 1. The van der Waals surface area contributed by atoms with E-state index in [1.807, 2.05) is 12.1 Å². The van der Waals surface area contributed by atoms with Crippen LogP contribution in [0.5, 0.6) is 0 Å². The lowest BCUT2D eigenvalue weighted by molar-refractivity contribution is 0.0111. The molecule has 0 aliphatic carbocycles. The largest absolute Gasteiger partial charge is 0.365 e. The van der Waals surface area contributed by atoms with E-state index in [-0.39, 0.29) is 18.4 Å². The van der Waals surface area contributed by atoms with E-state index in [0.29, 0.717) is 10.9 Å². The van der Waals surface area contributed by atoms with Gasteiger partial charge >= 0.3 is 0 Å². The summed E-state index contributed by atoms with van der Waals surface area (Å²) in [4.78, 5) is 2.77. The minimum Gasteiger partial charge on any atom is -0.365 e. The summed E-state index contributed by atoms with van der Waals surface area (Å²) in [6, 6.07) is 7.56. The van der Waals surface area contributed by atoms with Crippen molar-refractivity contribution in [3.63, 3.8) is 0 Å². The van der Waals surface area contributed by atoms with E-state index in [1.54, 1.807) is 19.2 Å². The number of piperazine rings is 1. The van der Waals surface area contributed by atoms with Gasteiger partial charge in [-0.2, -0.15) is 0 Å². The number of ether oxygens (including phenoxy) is 1. The first-order chi connectivity index (χ1) is 12.9. The summed E-state index contributed by atoms with van der Waals surface area (Å²) in [6.45, 7) is 2.89. The molecule has 3 N–H and O–H groups in total. The lowest BCUT2D eigenvalue weighted by Crippen LogP contribution is -2.62. The predicted molar refractivity (Wildman–Crippen MR) is 106 cm³/mol. The molecule has 2 heterocycles. The van der Waals surface area contributed by atoms with E-state index in [9.17, 15) is 8.42 Å². The highest BCUT2D eigenvalue weighted by molar-refractivity contribution is 7.90. The van der Waals surface area contributed by atoms with Crippen LogP contribution in [0.25, 0.3) is 0 Å². The second-order valence-corrected chi connectivity index (χ2v) is 9.66. The van der Waals surface area contributed by atoms with Crippen LogP contribution in [0.2, 0.25) is 0 Å². The predicted octanol–water partition coefficient (Wildman–Crippen LogP) is 0.697. The third-order valence-corrected chi connectivity index (χ3v) is 6.78. The van der Waals surface area contributed by atoms with Crippen molar-refractivity contribution in [3.8, 4) is 0 Å². The number of likely N-dealkylation sites (N-methyl/N-ethyl adjacent to an activating group) is 1. The van der Waals surface area contributed by atoms with Gasteiger partial charge in [0, 0.05) is 32.5 Å². The van der Waals surface area contributed by atoms with Gasteiger partial charge in [0.25, 0.3) is 0 Å². The van der Waals surface area contributed by atoms with E-state index in [2.05, 4.69) is 27.9 Å². The van der Waals surface area contributed by atoms with Gasteiger partial charge in [-0.25, -0.2) is 8.42 Å². The number of sulfone groups is 1. The van der Waals surface area contributed by atoms with Gasteiger partial charge in [-0.15, -0.1) is 0 Å². The zero-order chi connectivity index (χ0) is 19.4. The van der Waals surface area contributed by atoms with Crippen molar-refractivity contribution in [2.45, 2.75) is 48.6 Å². The van der Waals surface area contributed by atoms with Crippen LogP contribution in [-0.2, 0) is 14.6 Å². The molecule has 4 atom stereocenters. The monoisotopic (exact) mass is 396 g/mol. The molecule has 1 aromatic rings. The minimum atomic E-state index is -3.19. The third-order valence-electron chi connectivity index (χ3n) is 5.65. The summed E-state index contributed by atoms with van der Waals surface area (Å²) in [5, 5.41) is 10.7. The van der Waals surface area contributed by atoms with Crippen LogP contribution in [0.4, 0.5) is 0 Å². The standard InChI is InChI=1S/C19H32N4O3S/c1-23-11-5-4-6-15(23)12-20-17-13-21-19(26-2)18(22-17)14-7-9-16(10-8-14)27(3,24)25/h7-10,15,17-22H,4-6,11-13H2,1-3H3. The maximum Gasteiger partial charge on any atom is 0.175 e. The molecule has 152 valence electrons. The molecule has 8 heteroatoms. The molecule has 2 aliphatic heterocycles. The van der Waals surface area contributed by atoms with Crippen LogP contribution in [0.1, 0.15) is 30.9 Å². The van der Waals surface area contributed by atoms with E-state index in [0.717, 1.165) is 18.7 Å². The second kappa shape index (κ2) is 8.98. The third kappa shape index (κ3) is 5.28. The lowest BCUT2D eigenvalue weighted by Gasteiger charge is -2.40. The van der Waals surface area contributed by atoms with Crippen LogP contribution in [0.15, 0.2) is 29.2 Å². The van der Waals surface area contributed by atoms with Crippen LogP contribution in [0.3, 0.4) is 0 Å². The number of rotatable bonds is 6. The summed E-state index contributed by atoms with van der Waals surface area (Å²) >= 11 is 0. The maximum atomic E-state index is 11.7. The minimum absolute atomic E-state index is 0.0565. The summed E-state index contributed by atoms with van der Waals surface area (Å²) < 4.78 is 29.0. The van der Waals surface area contributed by atoms with E-state index in [4.69, 9.17) is 4.74 Å². The Balaban J connectivity index is 1.64. The summed E-state index contributed by atoms with van der Waals surface area (Å²) in [6.07, 6.45) is 5.02. The van der Waals surface area contributed by atoms with Crippen molar-refractivity contribution in [2.24, 2.45) is 0 Å². The van der Waals surface area contributed by atoms with Crippen LogP contribution < -0.4 is 16.0 Å². The Kier molecular flexibility index (Phi) is 6.88. The van der Waals surface area contributed by atoms with Gasteiger partial charge in [-0.1, -0.05) is 18.6 Å². The zero-order valence-electron chi connectivity index (χ0n) is 16.4. The van der Waals surface area contributed by atoms with Crippen LogP contribution >= 0.6 is 0 Å². The first-order valence-corrected chi connectivity index (χ1v) is 11.5. The highest BCUT2D eigenvalue weighted by Crippen LogP contribution is 2.23. The number of benzene rings is 1. The maximum absolute atomic E-state index is 11.7. The fourth-order valence-electron chi connectivity index (χ4n) is 3.94. The van der Waals surface area contributed by atoms with Crippen molar-refractivity contribution in [2.75, 3.05) is 40.0 Å². The topological polar surface area (TPSA) is 82.7 Å². The molecule has 0 amide bonds. The quantitative estimate of drug-likeness (QED) is 0.653. The fraction of sp³-hybridized carbons (Fsp3) is 0.684. The number of nitrogens with one attached hydrogen (secondary N) is 3. The summed E-state index contributed by atoms with van der Waals surface area (Å²) in [5.41, 5.74) is 1.00. The molecule has 2 fully saturated rings. The molecule has 7 nitrogen and oxygen atoms in total. The molecule has 2 aliphatic rings. The molecular weight excluding hydrogens is 364 g/mol. The number of hydrogen-bond donors (Lipinski definition) is 3. The zero-order valence-corrected chi connectivity index (χ0v) is 17.3. The van der Waals surface area contributed by atoms with Crippen molar-refractivity contribution in [3.05, 3.63) is 29.8 Å². The van der Waals surface area contributed by atoms with Crippen molar-refractivity contribution in [1.29, 1.82) is 0 Å². The molecule has 4 unspecified atom stereocenters. The lowest BCUT2D eigenvalue weighted by atomic mass is 10.0. The molecule has 27 heavy (non-hydrogen) atoms. The Hall–Kier alpha value is -1.03. The highest BCUT2D eigenvalue weighted by Gasteiger charge is 2.31. The second-order valence-electron chi connectivity index (χ2n) is 7.64. The number of nitrogens with zero attached hydrogens (tertiary/aromatic N) is 1. The Morgan fingerprint density at radius 1 is 1.26 bits per heavy atom. The van der Waals surface area contributed by atoms with Crippen molar-refractivity contribution < 1.29 is 13.2 Å². The van der Waals surface area contributed by atoms with Gasteiger partial charge < -0.3 is 9.64 Å². The Morgan fingerprint density at radius 3 is 2.63 bits per heavy atom. The average Bonchev–Trinajstić information content (AvgIpc) is 2.66. The summed E-state index contributed by atoms with van der Waals surface area (Å²) in [7, 11) is 0.691. The molecule has 2 saturated heterocycles. The molecule has 0 aromatic heterocycles. The average molecular weight is 397 g/mol. The van der Waals surface area contributed by atoms with Crippen LogP contribution in [-0.4, -0.2) is 71.8 Å². The van der Waals surface area contributed by atoms with E-state index >= 15 is 0 Å². The first-order valence-electron chi connectivity index (χ1n) is 9.64. The number of piperidine rings is 1. The van der Waals surface area contributed by atoms with Gasteiger partial charge in [0.05, 0.1) is 17.1 Å². The van der Waals surface area contributed by atoms with Gasteiger partial charge in [-0.05, 0) is 44.1 Å². The van der Waals surface area contributed by atoms with Crippen molar-refractivity contribution >= 4 is 9.84 Å². The molecule has 3 rings (SSSR count). The van der Waals surface area contributed by atoms with E-state index in [1.165, 1.54) is 32.1 Å². The summed E-state index contributed by atoms with van der Waals surface area (Å²) in [5.74, 6) is 0. The number of likely N-dealkylation sites (tertiary alicyclic amines) is 1. The highest BCUT2D eigenvalue weighted by atomic mass is 32.2. The van der Waals surface area contributed by atoms with E-state index < -0.39 is 9.84 Å². The SMILES string of the molecule is COC1NCC(NCC2CCCCN2C)NC1c1ccc(S(C)(=O)=O)cc1. The van der Waals surface area contributed by atoms with Gasteiger partial charge in [-0.3, -0.25) is 16.0 Å². The Labute approximate surface area is 162 Å². The molecule has 1 aromatic carbocycles. The Morgan fingerprint density at radius 2 is 2.00 bits per heavy atom. The first kappa shape index (κ1) is 20.7. The number of hydrogen-bond acceptors (Lipinski definition) is 7. The molecular formula is C19H32N4O3S. The normalized spacial score (nSPS) is 30.3. The van der Waals surface area contributed by atoms with Crippen LogP contribution in [0, 0.1) is 0 Å². The molecule has 0 spiro atoms. The molecule has 0 bridgehead atoms. The van der Waals surface area contributed by atoms with Gasteiger partial charge in [0.2, 0.25) is 0 Å². The smallest absolute Gasteiger partial charge is 0.175 e.